The first-order valence-electron chi connectivity index (χ1n) is 9.65. The molecule has 0 unspecified atom stereocenters. The Morgan fingerprint density at radius 2 is 1.78 bits per heavy atom. The number of pyridine rings is 2. The second-order valence-corrected chi connectivity index (χ2v) is 8.75. The van der Waals surface area contributed by atoms with Gasteiger partial charge in [0.2, 0.25) is 0 Å². The van der Waals surface area contributed by atoms with Gasteiger partial charge in [-0.2, -0.15) is 0 Å². The lowest BCUT2D eigenvalue weighted by Crippen LogP contribution is -2.21. The Labute approximate surface area is 201 Å². The van der Waals surface area contributed by atoms with Crippen LogP contribution in [-0.2, 0) is 9.53 Å². The zero-order valence-electron chi connectivity index (χ0n) is 16.9. The molecule has 0 radical (unpaired) electrons. The zero-order chi connectivity index (χ0) is 22.7. The molecule has 0 saturated carbocycles. The first kappa shape index (κ1) is 22.1. The molecule has 1 N–H and O–H groups in total. The van der Waals surface area contributed by atoms with Crippen LogP contribution < -0.4 is 5.32 Å². The third-order valence-electron chi connectivity index (χ3n) is 4.68. The molecule has 6 nitrogen and oxygen atoms in total. The number of aryl methyl sites for hydroxylation is 1. The lowest BCUT2D eigenvalue weighted by atomic mass is 10.1. The van der Waals surface area contributed by atoms with E-state index in [9.17, 15) is 9.59 Å². The van der Waals surface area contributed by atoms with Crippen molar-refractivity contribution in [3.63, 3.8) is 0 Å². The van der Waals surface area contributed by atoms with Crippen molar-refractivity contribution in [1.29, 1.82) is 0 Å². The van der Waals surface area contributed by atoms with Crippen molar-refractivity contribution >= 4 is 60.3 Å². The number of amides is 1. The summed E-state index contributed by atoms with van der Waals surface area (Å²) in [5.74, 6) is -1.06. The van der Waals surface area contributed by atoms with Gasteiger partial charge in [-0.1, -0.05) is 18.2 Å². The summed E-state index contributed by atoms with van der Waals surface area (Å²) in [7, 11) is 0. The van der Waals surface area contributed by atoms with Gasteiger partial charge in [0, 0.05) is 32.3 Å². The van der Waals surface area contributed by atoms with E-state index in [1.807, 2.05) is 43.3 Å². The van der Waals surface area contributed by atoms with Crippen LogP contribution in [0, 0.1) is 6.92 Å². The van der Waals surface area contributed by atoms with Gasteiger partial charge in [-0.25, -0.2) is 9.78 Å². The maximum atomic E-state index is 12.9. The smallest absolute Gasteiger partial charge is 0.339 e. The summed E-state index contributed by atoms with van der Waals surface area (Å²) >= 11 is 6.87. The molecular weight excluding hydrogens is 538 g/mol. The summed E-state index contributed by atoms with van der Waals surface area (Å²) in [4.78, 5) is 34.1. The number of hydrogen-bond acceptors (Lipinski definition) is 5. The van der Waals surface area contributed by atoms with E-state index in [1.165, 1.54) is 0 Å². The lowest BCUT2D eigenvalue weighted by Gasteiger charge is -2.12. The highest BCUT2D eigenvalue weighted by atomic mass is 79.9. The molecule has 4 rings (SSSR count). The van der Waals surface area contributed by atoms with Crippen molar-refractivity contribution in [2.24, 2.45) is 0 Å². The molecule has 2 heterocycles. The molecule has 2 aromatic carbocycles. The molecule has 0 saturated heterocycles. The number of halogens is 2. The zero-order valence-corrected chi connectivity index (χ0v) is 20.1. The highest BCUT2D eigenvalue weighted by Crippen LogP contribution is 2.32. The standard InChI is InChI=1S/C24H17Br2N3O3/c1-14-9-18(25)23(19(26)10-14)29-22(30)13-32-24(31)17-11-21(15-5-4-8-27-12-15)28-20-7-3-2-6-16(17)20/h2-12H,13H2,1H3,(H,29,30). The molecule has 4 aromatic rings. The van der Waals surface area contributed by atoms with Crippen molar-refractivity contribution in [2.45, 2.75) is 6.92 Å². The molecule has 160 valence electrons. The SMILES string of the molecule is Cc1cc(Br)c(NC(=O)COC(=O)c2cc(-c3cccnc3)nc3ccccc23)c(Br)c1. The second-order valence-electron chi connectivity index (χ2n) is 7.04. The Balaban J connectivity index is 1.56. The van der Waals surface area contributed by atoms with Crippen LogP contribution in [0.15, 0.2) is 75.9 Å². The first-order chi connectivity index (χ1) is 15.4. The summed E-state index contributed by atoms with van der Waals surface area (Å²) in [5, 5.41) is 3.40. The van der Waals surface area contributed by atoms with E-state index in [2.05, 4.69) is 47.1 Å². The summed E-state index contributed by atoms with van der Waals surface area (Å²) in [6, 6.07) is 16.4. The van der Waals surface area contributed by atoms with Gasteiger partial charge >= 0.3 is 5.97 Å². The number of aromatic nitrogens is 2. The normalized spacial score (nSPS) is 10.7. The maximum absolute atomic E-state index is 12.9. The van der Waals surface area contributed by atoms with Gasteiger partial charge in [0.1, 0.15) is 0 Å². The average Bonchev–Trinajstić information content (AvgIpc) is 2.79. The molecule has 0 aliphatic carbocycles. The van der Waals surface area contributed by atoms with E-state index in [1.54, 1.807) is 30.6 Å². The number of para-hydroxylation sites is 1. The predicted molar refractivity (Wildman–Crippen MR) is 130 cm³/mol. The van der Waals surface area contributed by atoms with Gasteiger partial charge < -0.3 is 10.1 Å². The fourth-order valence-corrected chi connectivity index (χ4v) is 4.82. The molecule has 0 spiro atoms. The number of carbonyl (C=O) groups excluding carboxylic acids is 2. The monoisotopic (exact) mass is 553 g/mol. The maximum Gasteiger partial charge on any atom is 0.339 e. The van der Waals surface area contributed by atoms with Crippen LogP contribution in [0.3, 0.4) is 0 Å². The van der Waals surface area contributed by atoms with Crippen LogP contribution in [-0.4, -0.2) is 28.5 Å². The van der Waals surface area contributed by atoms with Crippen LogP contribution in [0.2, 0.25) is 0 Å². The molecule has 0 aliphatic rings. The third kappa shape index (κ3) is 4.87. The molecule has 8 heteroatoms. The second kappa shape index (κ2) is 9.58. The minimum Gasteiger partial charge on any atom is -0.452 e. The highest BCUT2D eigenvalue weighted by molar-refractivity contribution is 9.11. The number of benzene rings is 2. The molecule has 0 fully saturated rings. The minimum atomic E-state index is -0.606. The number of fused-ring (bicyclic) bond motifs is 1. The number of rotatable bonds is 5. The van der Waals surface area contributed by atoms with E-state index < -0.39 is 18.5 Å². The van der Waals surface area contributed by atoms with Crippen LogP contribution in [0.4, 0.5) is 5.69 Å². The summed E-state index contributed by atoms with van der Waals surface area (Å²) in [6.45, 7) is 1.52. The molecule has 0 atom stereocenters. The largest absolute Gasteiger partial charge is 0.452 e. The van der Waals surface area contributed by atoms with Crippen molar-refractivity contribution < 1.29 is 14.3 Å². The Morgan fingerprint density at radius 3 is 2.50 bits per heavy atom. The number of carbonyl (C=O) groups is 2. The van der Waals surface area contributed by atoms with Crippen molar-refractivity contribution in [1.82, 2.24) is 9.97 Å². The molecular formula is C24H17Br2N3O3. The van der Waals surface area contributed by atoms with E-state index >= 15 is 0 Å². The fraction of sp³-hybridized carbons (Fsp3) is 0.0833. The number of nitrogens with zero attached hydrogens (tertiary/aromatic N) is 2. The molecule has 32 heavy (non-hydrogen) atoms. The topological polar surface area (TPSA) is 81.2 Å². The van der Waals surface area contributed by atoms with Gasteiger partial charge in [0.05, 0.1) is 22.5 Å². The fourth-order valence-electron chi connectivity index (χ4n) is 3.21. The predicted octanol–water partition coefficient (Wildman–Crippen LogP) is 5.93. The molecule has 1 amide bonds. The number of anilines is 1. The van der Waals surface area contributed by atoms with Gasteiger partial charge in [-0.3, -0.25) is 9.78 Å². The molecule has 0 aliphatic heterocycles. The van der Waals surface area contributed by atoms with Crippen LogP contribution in [0.25, 0.3) is 22.2 Å². The van der Waals surface area contributed by atoms with Crippen molar-refractivity contribution in [3.05, 3.63) is 87.1 Å². The van der Waals surface area contributed by atoms with Gasteiger partial charge in [0.25, 0.3) is 5.91 Å². The third-order valence-corrected chi connectivity index (χ3v) is 5.93. The van der Waals surface area contributed by atoms with E-state index in [0.717, 1.165) is 20.1 Å². The number of esters is 1. The van der Waals surface area contributed by atoms with Gasteiger partial charge in [-0.05, 0) is 80.7 Å². The van der Waals surface area contributed by atoms with Crippen molar-refractivity contribution in [3.8, 4) is 11.3 Å². The van der Waals surface area contributed by atoms with Gasteiger partial charge in [-0.15, -0.1) is 0 Å². The van der Waals surface area contributed by atoms with E-state index in [0.29, 0.717) is 27.8 Å². The van der Waals surface area contributed by atoms with Crippen molar-refractivity contribution in [2.75, 3.05) is 11.9 Å². The van der Waals surface area contributed by atoms with Crippen LogP contribution in [0.5, 0.6) is 0 Å². The highest BCUT2D eigenvalue weighted by Gasteiger charge is 2.17. The summed E-state index contributed by atoms with van der Waals surface area (Å²) < 4.78 is 6.79. The first-order valence-corrected chi connectivity index (χ1v) is 11.2. The number of hydrogen-bond donors (Lipinski definition) is 1. The summed E-state index contributed by atoms with van der Waals surface area (Å²) in [5.41, 5.74) is 3.96. The molecule has 0 bridgehead atoms. The Bertz CT molecular complexity index is 1300. The number of ether oxygens (including phenoxy) is 1. The minimum absolute atomic E-state index is 0.333. The Morgan fingerprint density at radius 1 is 1.03 bits per heavy atom. The van der Waals surface area contributed by atoms with Crippen LogP contribution in [0.1, 0.15) is 15.9 Å². The van der Waals surface area contributed by atoms with Gasteiger partial charge in [0.15, 0.2) is 6.61 Å². The lowest BCUT2D eigenvalue weighted by molar-refractivity contribution is -0.119. The Kier molecular flexibility index (Phi) is 6.62. The van der Waals surface area contributed by atoms with E-state index in [4.69, 9.17) is 4.74 Å². The summed E-state index contributed by atoms with van der Waals surface area (Å²) in [6.07, 6.45) is 3.35. The average molecular weight is 555 g/mol. The van der Waals surface area contributed by atoms with E-state index in [-0.39, 0.29) is 0 Å². The van der Waals surface area contributed by atoms with Crippen LogP contribution >= 0.6 is 31.9 Å². The molecule has 2 aromatic heterocycles. The quantitative estimate of drug-likeness (QED) is 0.309. The number of nitrogens with one attached hydrogen (secondary N) is 1. The Hall–Kier alpha value is -3.10.